The third-order valence-corrected chi connectivity index (χ3v) is 6.18. The highest BCUT2D eigenvalue weighted by molar-refractivity contribution is 5.88. The highest BCUT2D eigenvalue weighted by Gasteiger charge is 2.28. The van der Waals surface area contributed by atoms with Gasteiger partial charge in [-0.05, 0) is 48.0 Å². The third-order valence-electron chi connectivity index (χ3n) is 6.18. The normalized spacial score (nSPS) is 12.9. The van der Waals surface area contributed by atoms with E-state index in [0.717, 1.165) is 33.6 Å². The molecule has 1 N–H and O–H groups in total. The molecule has 37 heavy (non-hydrogen) atoms. The van der Waals surface area contributed by atoms with Crippen molar-refractivity contribution in [2.45, 2.75) is 0 Å². The van der Waals surface area contributed by atoms with Gasteiger partial charge in [0.05, 0.1) is 27.6 Å². The zero-order valence-corrected chi connectivity index (χ0v) is 19.4. The number of non-ortho nitro benzene ring substituents is 1. The second-order valence-electron chi connectivity index (χ2n) is 8.46. The maximum atomic E-state index is 12.8. The lowest BCUT2D eigenvalue weighted by molar-refractivity contribution is -0.384. The lowest BCUT2D eigenvalue weighted by Gasteiger charge is -2.33. The molecule has 0 saturated heterocycles. The fraction of sp³-hybridized carbons (Fsp3) is 0. The number of rotatable bonds is 5. The van der Waals surface area contributed by atoms with E-state index >= 15 is 0 Å². The van der Waals surface area contributed by atoms with Crippen LogP contribution in [0.25, 0.3) is 27.8 Å². The maximum absolute atomic E-state index is 12.8. The van der Waals surface area contributed by atoms with Crippen LogP contribution < -0.4 is 21.2 Å². The van der Waals surface area contributed by atoms with Gasteiger partial charge in [-0.3, -0.25) is 15.5 Å². The summed E-state index contributed by atoms with van der Waals surface area (Å²) in [6.07, 6.45) is 1.83. The molecule has 180 valence electrons. The van der Waals surface area contributed by atoms with E-state index in [1.165, 1.54) is 12.1 Å². The largest absolute Gasteiger partial charge is 0.422 e. The first-order valence-corrected chi connectivity index (χ1v) is 11.6. The Hall–Kier alpha value is -5.37. The predicted molar refractivity (Wildman–Crippen MR) is 144 cm³/mol. The number of para-hydroxylation sites is 1. The summed E-state index contributed by atoms with van der Waals surface area (Å²) >= 11 is 0. The Morgan fingerprint density at radius 3 is 2.16 bits per heavy atom. The standard InChI is InChI=1S/C29H20N4O4/c34-29-26(20-7-3-1-4-8-20)17-22-13-16-25(18-28(22)37-29)32-30-19-27(31(32)23-9-5-2-6-10-23)21-11-14-24(15-12-21)33(35)36/h1-19,30H. The van der Waals surface area contributed by atoms with Crippen molar-refractivity contribution in [1.82, 2.24) is 5.43 Å². The van der Waals surface area contributed by atoms with Gasteiger partial charge in [-0.1, -0.05) is 48.5 Å². The molecule has 1 aliphatic rings. The van der Waals surface area contributed by atoms with E-state index in [-0.39, 0.29) is 5.69 Å². The molecular formula is C29H20N4O4. The fourth-order valence-electron chi connectivity index (χ4n) is 4.37. The number of nitro benzene ring substituents is 1. The van der Waals surface area contributed by atoms with Crippen LogP contribution in [0.3, 0.4) is 0 Å². The highest BCUT2D eigenvalue weighted by atomic mass is 16.6. The smallest absolute Gasteiger partial charge is 0.344 e. The van der Waals surface area contributed by atoms with Gasteiger partial charge in [0, 0.05) is 35.3 Å². The molecule has 8 heteroatoms. The van der Waals surface area contributed by atoms with Crippen molar-refractivity contribution in [1.29, 1.82) is 0 Å². The molecule has 2 heterocycles. The first-order chi connectivity index (χ1) is 18.1. The van der Waals surface area contributed by atoms with E-state index in [1.54, 1.807) is 18.2 Å². The van der Waals surface area contributed by atoms with Crippen molar-refractivity contribution < 1.29 is 9.34 Å². The van der Waals surface area contributed by atoms with Gasteiger partial charge in [-0.25, -0.2) is 9.80 Å². The van der Waals surface area contributed by atoms with Crippen LogP contribution in [-0.2, 0) is 0 Å². The van der Waals surface area contributed by atoms with E-state index in [0.29, 0.717) is 11.1 Å². The molecule has 5 aromatic rings. The number of nitro groups is 1. The van der Waals surface area contributed by atoms with Crippen LogP contribution >= 0.6 is 0 Å². The van der Waals surface area contributed by atoms with Crippen LogP contribution in [0.5, 0.6) is 0 Å². The van der Waals surface area contributed by atoms with Crippen LogP contribution in [0.4, 0.5) is 17.1 Å². The van der Waals surface area contributed by atoms with Gasteiger partial charge in [0.15, 0.2) is 0 Å². The van der Waals surface area contributed by atoms with E-state index in [9.17, 15) is 14.9 Å². The molecule has 0 atom stereocenters. The van der Waals surface area contributed by atoms with Gasteiger partial charge in [0.25, 0.3) is 5.69 Å². The summed E-state index contributed by atoms with van der Waals surface area (Å²) in [6, 6.07) is 33.1. The molecule has 0 spiro atoms. The Morgan fingerprint density at radius 2 is 1.46 bits per heavy atom. The van der Waals surface area contributed by atoms with Gasteiger partial charge < -0.3 is 4.42 Å². The van der Waals surface area contributed by atoms with Crippen LogP contribution in [0.1, 0.15) is 5.56 Å². The SMILES string of the molecule is O=c1oc2cc(N3NC=C(c4ccc([N+](=O)[O-])cc4)N3c3ccccc3)ccc2cc1-c1ccccc1. The number of hydrogen-bond donors (Lipinski definition) is 1. The van der Waals surface area contributed by atoms with E-state index < -0.39 is 10.5 Å². The predicted octanol–water partition coefficient (Wildman–Crippen LogP) is 6.11. The Labute approximate surface area is 211 Å². The molecule has 0 radical (unpaired) electrons. The van der Waals surface area contributed by atoms with Crippen molar-refractivity contribution in [3.05, 3.63) is 141 Å². The highest BCUT2D eigenvalue weighted by Crippen LogP contribution is 2.35. The quantitative estimate of drug-likeness (QED) is 0.181. The fourth-order valence-corrected chi connectivity index (χ4v) is 4.37. The van der Waals surface area contributed by atoms with Crippen molar-refractivity contribution in [2.24, 2.45) is 0 Å². The van der Waals surface area contributed by atoms with E-state index in [2.05, 4.69) is 5.43 Å². The summed E-state index contributed by atoms with van der Waals surface area (Å²) in [5.41, 5.74) is 7.85. The molecule has 1 aromatic heterocycles. The second-order valence-corrected chi connectivity index (χ2v) is 8.46. The monoisotopic (exact) mass is 488 g/mol. The number of anilines is 2. The lowest BCUT2D eigenvalue weighted by atomic mass is 10.1. The third kappa shape index (κ3) is 4.06. The number of nitrogens with one attached hydrogen (secondary N) is 1. The van der Waals surface area contributed by atoms with Gasteiger partial charge >= 0.3 is 5.63 Å². The van der Waals surface area contributed by atoms with E-state index in [4.69, 9.17) is 4.42 Å². The molecule has 0 amide bonds. The van der Waals surface area contributed by atoms with Crippen LogP contribution in [0.2, 0.25) is 0 Å². The molecule has 0 aliphatic carbocycles. The summed E-state index contributed by atoms with van der Waals surface area (Å²) in [5.74, 6) is 0. The average Bonchev–Trinajstić information content (AvgIpc) is 3.38. The van der Waals surface area contributed by atoms with Crippen molar-refractivity contribution in [3.8, 4) is 11.1 Å². The summed E-state index contributed by atoms with van der Waals surface area (Å²) in [6.45, 7) is 0. The molecule has 4 aromatic carbocycles. The summed E-state index contributed by atoms with van der Waals surface area (Å²) in [4.78, 5) is 23.5. The van der Waals surface area contributed by atoms with Gasteiger partial charge in [-0.15, -0.1) is 0 Å². The molecule has 0 unspecified atom stereocenters. The summed E-state index contributed by atoms with van der Waals surface area (Å²) in [7, 11) is 0. The van der Waals surface area contributed by atoms with Crippen molar-refractivity contribution in [3.63, 3.8) is 0 Å². The minimum atomic E-state index is -0.418. The van der Waals surface area contributed by atoms with Crippen molar-refractivity contribution in [2.75, 3.05) is 10.1 Å². The molecule has 0 bridgehead atoms. The Kier molecular flexibility index (Phi) is 5.39. The number of fused-ring (bicyclic) bond motifs is 1. The minimum absolute atomic E-state index is 0.0258. The zero-order chi connectivity index (χ0) is 25.4. The number of hydrogen-bond acceptors (Lipinski definition) is 7. The zero-order valence-electron chi connectivity index (χ0n) is 19.4. The molecular weight excluding hydrogens is 468 g/mol. The maximum Gasteiger partial charge on any atom is 0.344 e. The number of nitrogens with zero attached hydrogens (tertiary/aromatic N) is 3. The van der Waals surface area contributed by atoms with E-state index in [1.807, 2.05) is 95.2 Å². The molecule has 0 fully saturated rings. The molecule has 0 saturated carbocycles. The first kappa shape index (κ1) is 22.1. The van der Waals surface area contributed by atoms with Crippen LogP contribution in [0, 0.1) is 10.1 Å². The molecule has 8 nitrogen and oxygen atoms in total. The topological polar surface area (TPSA) is 91.9 Å². The second kappa shape index (κ2) is 9.01. The number of hydrazine groups is 2. The van der Waals surface area contributed by atoms with Crippen LogP contribution in [-0.4, -0.2) is 4.92 Å². The Balaban J connectivity index is 1.40. The van der Waals surface area contributed by atoms with Gasteiger partial charge in [0.1, 0.15) is 5.58 Å². The lowest BCUT2D eigenvalue weighted by Crippen LogP contribution is -2.43. The Bertz CT molecular complexity index is 1700. The van der Waals surface area contributed by atoms with Crippen molar-refractivity contribution >= 4 is 33.7 Å². The molecule has 6 rings (SSSR count). The Morgan fingerprint density at radius 1 is 0.757 bits per heavy atom. The first-order valence-electron chi connectivity index (χ1n) is 11.6. The van der Waals surface area contributed by atoms with Gasteiger partial charge in [0.2, 0.25) is 0 Å². The summed E-state index contributed by atoms with van der Waals surface area (Å²) < 4.78 is 5.73. The molecule has 1 aliphatic heterocycles. The summed E-state index contributed by atoms with van der Waals surface area (Å²) in [5, 5.41) is 15.7. The van der Waals surface area contributed by atoms with Crippen LogP contribution in [0.15, 0.2) is 125 Å². The van der Waals surface area contributed by atoms with Gasteiger partial charge in [-0.2, -0.15) is 5.12 Å². The minimum Gasteiger partial charge on any atom is -0.422 e. The average molecular weight is 489 g/mol. The number of benzene rings is 4.